The van der Waals surface area contributed by atoms with E-state index >= 15 is 0 Å². The Morgan fingerprint density at radius 1 is 1.05 bits per heavy atom. The molecule has 11 heteroatoms. The first-order chi connectivity index (χ1) is 19.6. The van der Waals surface area contributed by atoms with Crippen molar-refractivity contribution in [1.82, 2.24) is 20.3 Å². The van der Waals surface area contributed by atoms with Gasteiger partial charge in [-0.25, -0.2) is 13.2 Å². The van der Waals surface area contributed by atoms with Crippen molar-refractivity contribution in [3.63, 3.8) is 0 Å². The average molecular weight is 560 g/mol. The molecule has 0 unspecified atom stereocenters. The minimum atomic E-state index is -0.957. The summed E-state index contributed by atoms with van der Waals surface area (Å²) < 4.78 is 42.3. The number of amides is 2. The molecule has 0 fully saturated rings. The van der Waals surface area contributed by atoms with Gasteiger partial charge in [0, 0.05) is 35.2 Å². The lowest BCUT2D eigenvalue weighted by Gasteiger charge is -2.22. The Hall–Kier alpha value is -5.19. The van der Waals surface area contributed by atoms with Gasteiger partial charge in [0.2, 0.25) is 5.91 Å². The van der Waals surface area contributed by atoms with Crippen molar-refractivity contribution >= 4 is 22.8 Å². The number of nitrogens with zero attached hydrogens (tertiary/aromatic N) is 1. The number of carbonyl (C=O) groups excluding carboxylic acids is 2. The highest BCUT2D eigenvalue weighted by atomic mass is 19.1. The van der Waals surface area contributed by atoms with Crippen LogP contribution in [0.4, 0.5) is 13.2 Å². The van der Waals surface area contributed by atoms with E-state index in [0.29, 0.717) is 39.0 Å². The van der Waals surface area contributed by atoms with Crippen LogP contribution in [0.25, 0.3) is 22.2 Å². The minimum Gasteiger partial charge on any atom is -0.366 e. The van der Waals surface area contributed by atoms with Gasteiger partial charge in [0.15, 0.2) is 0 Å². The second-order valence-corrected chi connectivity index (χ2v) is 9.66. The summed E-state index contributed by atoms with van der Waals surface area (Å²) in [6.45, 7) is 1.67. The molecule has 0 aliphatic rings. The first-order valence-electron chi connectivity index (χ1n) is 12.6. The van der Waals surface area contributed by atoms with Gasteiger partial charge in [-0.2, -0.15) is 0 Å². The van der Waals surface area contributed by atoms with Crippen LogP contribution < -0.4 is 16.6 Å². The van der Waals surface area contributed by atoms with Gasteiger partial charge < -0.3 is 21.0 Å². The van der Waals surface area contributed by atoms with Gasteiger partial charge in [-0.05, 0) is 60.9 Å². The van der Waals surface area contributed by atoms with E-state index in [1.54, 1.807) is 31.3 Å². The van der Waals surface area contributed by atoms with E-state index in [0.717, 1.165) is 24.3 Å². The number of aromatic amines is 2. The third kappa shape index (κ3) is 5.88. The Labute approximate surface area is 231 Å². The number of primary amides is 1. The van der Waals surface area contributed by atoms with Crippen molar-refractivity contribution in [2.75, 3.05) is 0 Å². The van der Waals surface area contributed by atoms with Crippen LogP contribution in [0.5, 0.6) is 0 Å². The third-order valence-corrected chi connectivity index (χ3v) is 6.71. The maximum atomic E-state index is 14.2. The van der Waals surface area contributed by atoms with E-state index in [1.807, 2.05) is 0 Å². The number of aryl methyl sites for hydroxylation is 1. The number of pyridine rings is 2. The van der Waals surface area contributed by atoms with E-state index in [-0.39, 0.29) is 29.5 Å². The Kier molecular flexibility index (Phi) is 7.43. The van der Waals surface area contributed by atoms with Crippen molar-refractivity contribution in [1.29, 1.82) is 0 Å². The fourth-order valence-electron chi connectivity index (χ4n) is 4.80. The highest BCUT2D eigenvalue weighted by molar-refractivity contribution is 5.94. The number of fused-ring (bicyclic) bond motifs is 1. The van der Waals surface area contributed by atoms with E-state index in [4.69, 9.17) is 5.73 Å². The molecule has 8 nitrogen and oxygen atoms in total. The van der Waals surface area contributed by atoms with Crippen LogP contribution in [0.15, 0.2) is 71.8 Å². The van der Waals surface area contributed by atoms with Gasteiger partial charge in [0.05, 0.1) is 34.8 Å². The molecule has 3 aromatic heterocycles. The highest BCUT2D eigenvalue weighted by Gasteiger charge is 2.23. The van der Waals surface area contributed by atoms with Crippen LogP contribution in [-0.4, -0.2) is 26.8 Å². The summed E-state index contributed by atoms with van der Waals surface area (Å²) in [7, 11) is 0. The predicted molar refractivity (Wildman–Crippen MR) is 146 cm³/mol. The van der Waals surface area contributed by atoms with Gasteiger partial charge in [-0.15, -0.1) is 0 Å². The molecule has 2 aromatic carbocycles. The lowest BCUT2D eigenvalue weighted by atomic mass is 9.94. The Balaban J connectivity index is 1.53. The molecular weight excluding hydrogens is 535 g/mol. The first kappa shape index (κ1) is 27.4. The molecule has 0 radical (unpaired) electrons. The quantitative estimate of drug-likeness (QED) is 0.224. The number of hydrogen-bond donors (Lipinski definition) is 4. The lowest BCUT2D eigenvalue weighted by molar-refractivity contribution is -0.121. The van der Waals surface area contributed by atoms with Crippen LogP contribution in [0.3, 0.4) is 0 Å². The molecule has 0 spiro atoms. The van der Waals surface area contributed by atoms with E-state index in [9.17, 15) is 27.6 Å². The topological polar surface area (TPSA) is 134 Å². The number of nitrogens with one attached hydrogen (secondary N) is 3. The molecule has 5 N–H and O–H groups in total. The summed E-state index contributed by atoms with van der Waals surface area (Å²) in [5.41, 5.74) is 8.35. The largest absolute Gasteiger partial charge is 0.366 e. The lowest BCUT2D eigenvalue weighted by Crippen LogP contribution is -2.32. The molecule has 3 heterocycles. The van der Waals surface area contributed by atoms with Crippen LogP contribution >= 0.6 is 0 Å². The summed E-state index contributed by atoms with van der Waals surface area (Å²) in [6, 6.07) is 10.9. The molecule has 0 saturated carbocycles. The normalized spacial score (nSPS) is 11.9. The van der Waals surface area contributed by atoms with Crippen LogP contribution in [-0.2, 0) is 17.6 Å². The van der Waals surface area contributed by atoms with E-state index in [1.165, 1.54) is 18.3 Å². The monoisotopic (exact) mass is 559 g/mol. The summed E-state index contributed by atoms with van der Waals surface area (Å²) >= 11 is 0. The molecule has 5 aromatic rings. The predicted octanol–water partition coefficient (Wildman–Crippen LogP) is 4.39. The zero-order valence-corrected chi connectivity index (χ0v) is 21.7. The Morgan fingerprint density at radius 3 is 2.54 bits per heavy atom. The Morgan fingerprint density at radius 2 is 1.80 bits per heavy atom. The number of rotatable bonds is 8. The molecule has 0 bridgehead atoms. The van der Waals surface area contributed by atoms with Gasteiger partial charge in [-0.3, -0.25) is 19.4 Å². The van der Waals surface area contributed by atoms with E-state index < -0.39 is 35.3 Å². The highest BCUT2D eigenvalue weighted by Crippen LogP contribution is 2.30. The summed E-state index contributed by atoms with van der Waals surface area (Å²) in [4.78, 5) is 47.5. The number of hydrogen-bond acceptors (Lipinski definition) is 4. The standard InChI is InChI=1S/C30H24F3N5O3/c1-15-7-24-27(38-30(15)41)18(14-36-24)12-26(39)37-25(10-16-8-19(31)13-20(32)9-16)28-21(3-2-6-35-28)17-4-5-23(33)22(11-17)29(34)40/h2-9,11,13-14,25,36H,10,12H2,1H3,(H2,34,40)(H,37,39)(H,38,41)/t25-/m0/s1. The minimum absolute atomic E-state index is 0.0434. The van der Waals surface area contributed by atoms with Crippen molar-refractivity contribution in [2.45, 2.75) is 25.8 Å². The SMILES string of the molecule is Cc1cc2[nH]cc(CC(=O)N[C@@H](Cc3cc(F)cc(F)c3)c3ncccc3-c3ccc(F)c(C(N)=O)c3)c2[nH]c1=O. The summed E-state index contributed by atoms with van der Waals surface area (Å²) in [6.07, 6.45) is 2.93. The maximum absolute atomic E-state index is 14.2. The van der Waals surface area contributed by atoms with Crippen molar-refractivity contribution in [2.24, 2.45) is 5.73 Å². The third-order valence-electron chi connectivity index (χ3n) is 6.71. The molecule has 2 amide bonds. The first-order valence-corrected chi connectivity index (χ1v) is 12.6. The molecule has 41 heavy (non-hydrogen) atoms. The number of H-pyrrole nitrogens is 2. The number of benzene rings is 2. The zero-order valence-electron chi connectivity index (χ0n) is 21.7. The second-order valence-electron chi connectivity index (χ2n) is 9.66. The van der Waals surface area contributed by atoms with Crippen LogP contribution in [0.2, 0.25) is 0 Å². The summed E-state index contributed by atoms with van der Waals surface area (Å²) in [5, 5.41) is 2.89. The molecule has 0 saturated heterocycles. The second kappa shape index (κ2) is 11.1. The van der Waals surface area contributed by atoms with E-state index in [2.05, 4.69) is 20.3 Å². The van der Waals surface area contributed by atoms with Crippen LogP contribution in [0.1, 0.15) is 38.8 Å². The molecule has 208 valence electrons. The van der Waals surface area contributed by atoms with Crippen molar-refractivity contribution in [3.05, 3.63) is 123 Å². The molecule has 5 rings (SSSR count). The van der Waals surface area contributed by atoms with Gasteiger partial charge in [0.1, 0.15) is 17.5 Å². The van der Waals surface area contributed by atoms with Crippen molar-refractivity contribution in [3.8, 4) is 11.1 Å². The molecular formula is C30H24F3N5O3. The van der Waals surface area contributed by atoms with Gasteiger partial charge in [0.25, 0.3) is 11.5 Å². The van der Waals surface area contributed by atoms with Gasteiger partial charge >= 0.3 is 0 Å². The van der Waals surface area contributed by atoms with Crippen LogP contribution in [0, 0.1) is 24.4 Å². The number of aromatic nitrogens is 3. The molecule has 1 atom stereocenters. The molecule has 0 aliphatic carbocycles. The number of nitrogens with two attached hydrogens (primary N) is 1. The Bertz CT molecular complexity index is 1840. The average Bonchev–Trinajstić information content (AvgIpc) is 3.28. The van der Waals surface area contributed by atoms with Crippen molar-refractivity contribution < 1.29 is 22.8 Å². The fraction of sp³-hybridized carbons (Fsp3) is 0.133. The molecule has 0 aliphatic heterocycles. The number of halogens is 3. The van der Waals surface area contributed by atoms with Gasteiger partial charge in [-0.1, -0.05) is 12.1 Å². The summed E-state index contributed by atoms with van der Waals surface area (Å²) in [5.74, 6) is -3.77. The fourth-order valence-corrected chi connectivity index (χ4v) is 4.80. The zero-order chi connectivity index (χ0) is 29.3. The maximum Gasteiger partial charge on any atom is 0.251 e. The number of carbonyl (C=O) groups is 2. The smallest absolute Gasteiger partial charge is 0.251 e.